The van der Waals surface area contributed by atoms with E-state index < -0.39 is 0 Å². The Hall–Kier alpha value is -1.79. The molecule has 20 heavy (non-hydrogen) atoms. The SMILES string of the molecule is CN(Cc1ccc2c(c1)OCCO2)C(=O)COCCN. The van der Waals surface area contributed by atoms with E-state index in [1.165, 1.54) is 0 Å². The van der Waals surface area contributed by atoms with Crippen LogP contribution in [-0.2, 0) is 16.1 Å². The van der Waals surface area contributed by atoms with Gasteiger partial charge in [0.2, 0.25) is 5.91 Å². The normalized spacial score (nSPS) is 13.1. The number of nitrogens with two attached hydrogens (primary N) is 1. The van der Waals surface area contributed by atoms with Gasteiger partial charge in [0.1, 0.15) is 19.8 Å². The highest BCUT2D eigenvalue weighted by atomic mass is 16.6. The third-order valence-corrected chi connectivity index (χ3v) is 2.94. The lowest BCUT2D eigenvalue weighted by molar-refractivity contribution is -0.135. The van der Waals surface area contributed by atoms with Crippen molar-refractivity contribution in [3.05, 3.63) is 23.8 Å². The molecule has 0 saturated heterocycles. The van der Waals surface area contributed by atoms with Crippen LogP contribution in [-0.4, -0.2) is 50.8 Å². The van der Waals surface area contributed by atoms with Crippen LogP contribution < -0.4 is 15.2 Å². The lowest BCUT2D eigenvalue weighted by Crippen LogP contribution is -2.30. The van der Waals surface area contributed by atoms with Gasteiger partial charge in [-0.25, -0.2) is 0 Å². The van der Waals surface area contributed by atoms with Gasteiger partial charge in [0.05, 0.1) is 6.61 Å². The first-order valence-electron chi connectivity index (χ1n) is 6.61. The third-order valence-electron chi connectivity index (χ3n) is 2.94. The lowest BCUT2D eigenvalue weighted by atomic mass is 10.2. The summed E-state index contributed by atoms with van der Waals surface area (Å²) in [7, 11) is 1.74. The first kappa shape index (κ1) is 14.6. The summed E-state index contributed by atoms with van der Waals surface area (Å²) in [4.78, 5) is 13.4. The average molecular weight is 280 g/mol. The number of benzene rings is 1. The molecule has 1 aromatic rings. The standard InChI is InChI=1S/C14H20N2O4/c1-16(14(17)10-18-5-4-15)9-11-2-3-12-13(8-11)20-7-6-19-12/h2-3,8H,4-7,9-10,15H2,1H3. The van der Waals surface area contributed by atoms with Crippen LogP contribution in [0, 0.1) is 0 Å². The minimum atomic E-state index is -0.0756. The van der Waals surface area contributed by atoms with Crippen molar-refractivity contribution in [2.75, 3.05) is 40.0 Å². The van der Waals surface area contributed by atoms with Gasteiger partial charge in [-0.05, 0) is 17.7 Å². The van der Waals surface area contributed by atoms with Gasteiger partial charge in [-0.1, -0.05) is 6.07 Å². The van der Waals surface area contributed by atoms with Crippen molar-refractivity contribution in [3.63, 3.8) is 0 Å². The second kappa shape index (κ2) is 7.12. The third kappa shape index (κ3) is 3.85. The predicted molar refractivity (Wildman–Crippen MR) is 73.8 cm³/mol. The number of hydrogen-bond donors (Lipinski definition) is 1. The van der Waals surface area contributed by atoms with Gasteiger partial charge in [0, 0.05) is 20.1 Å². The fourth-order valence-electron chi connectivity index (χ4n) is 1.90. The van der Waals surface area contributed by atoms with Crippen molar-refractivity contribution in [1.82, 2.24) is 4.90 Å². The first-order chi connectivity index (χ1) is 9.70. The number of nitrogens with zero attached hydrogens (tertiary/aromatic N) is 1. The summed E-state index contributed by atoms with van der Waals surface area (Å²) in [5, 5.41) is 0. The zero-order valence-electron chi connectivity index (χ0n) is 11.6. The van der Waals surface area contributed by atoms with Crippen LogP contribution in [0.25, 0.3) is 0 Å². The Bertz CT molecular complexity index is 464. The lowest BCUT2D eigenvalue weighted by Gasteiger charge is -2.21. The Morgan fingerprint density at radius 3 is 2.85 bits per heavy atom. The summed E-state index contributed by atoms with van der Waals surface area (Å²) >= 11 is 0. The van der Waals surface area contributed by atoms with E-state index in [0.29, 0.717) is 32.9 Å². The summed E-state index contributed by atoms with van der Waals surface area (Å²) < 4.78 is 16.1. The highest BCUT2D eigenvalue weighted by Gasteiger charge is 2.14. The molecule has 0 atom stereocenters. The Balaban J connectivity index is 1.90. The number of hydrogen-bond acceptors (Lipinski definition) is 5. The largest absolute Gasteiger partial charge is 0.486 e. The zero-order valence-corrected chi connectivity index (χ0v) is 11.6. The van der Waals surface area contributed by atoms with Gasteiger partial charge < -0.3 is 24.8 Å². The number of carbonyl (C=O) groups excluding carboxylic acids is 1. The molecule has 2 rings (SSSR count). The summed E-state index contributed by atoms with van der Waals surface area (Å²) in [5.41, 5.74) is 6.29. The van der Waals surface area contributed by atoms with Crippen molar-refractivity contribution < 1.29 is 19.0 Å². The van der Waals surface area contributed by atoms with Crippen LogP contribution in [0.1, 0.15) is 5.56 Å². The van der Waals surface area contributed by atoms with Crippen LogP contribution in [0.2, 0.25) is 0 Å². The summed E-state index contributed by atoms with van der Waals surface area (Å²) in [6.45, 7) is 2.49. The maximum Gasteiger partial charge on any atom is 0.248 e. The molecule has 1 heterocycles. The minimum absolute atomic E-state index is 0.0538. The molecule has 0 unspecified atom stereocenters. The zero-order chi connectivity index (χ0) is 14.4. The molecule has 0 spiro atoms. The van der Waals surface area contributed by atoms with E-state index in [2.05, 4.69) is 0 Å². The molecule has 0 aliphatic carbocycles. The molecule has 0 saturated carbocycles. The Kier molecular flexibility index (Phi) is 5.20. The number of ether oxygens (including phenoxy) is 3. The summed E-state index contributed by atoms with van der Waals surface area (Å²) in [6, 6.07) is 5.70. The van der Waals surface area contributed by atoms with Gasteiger partial charge in [0.15, 0.2) is 11.5 Å². The quantitative estimate of drug-likeness (QED) is 0.763. The van der Waals surface area contributed by atoms with Crippen molar-refractivity contribution in [1.29, 1.82) is 0 Å². The minimum Gasteiger partial charge on any atom is -0.486 e. The van der Waals surface area contributed by atoms with E-state index in [1.54, 1.807) is 11.9 Å². The number of likely N-dealkylation sites (N-methyl/N-ethyl adjacent to an activating group) is 1. The van der Waals surface area contributed by atoms with Crippen LogP contribution >= 0.6 is 0 Å². The Morgan fingerprint density at radius 2 is 2.10 bits per heavy atom. The molecule has 6 heteroatoms. The van der Waals surface area contributed by atoms with Crippen molar-refractivity contribution in [3.8, 4) is 11.5 Å². The van der Waals surface area contributed by atoms with E-state index in [1.807, 2.05) is 18.2 Å². The molecule has 1 amide bonds. The molecule has 0 aromatic heterocycles. The van der Waals surface area contributed by atoms with Gasteiger partial charge in [-0.15, -0.1) is 0 Å². The van der Waals surface area contributed by atoms with Gasteiger partial charge in [-0.2, -0.15) is 0 Å². The molecule has 1 aliphatic heterocycles. The van der Waals surface area contributed by atoms with E-state index >= 15 is 0 Å². The van der Waals surface area contributed by atoms with Crippen molar-refractivity contribution in [2.24, 2.45) is 5.73 Å². The van der Waals surface area contributed by atoms with Crippen LogP contribution in [0.4, 0.5) is 0 Å². The fraction of sp³-hybridized carbons (Fsp3) is 0.500. The van der Waals surface area contributed by atoms with Gasteiger partial charge >= 0.3 is 0 Å². The van der Waals surface area contributed by atoms with E-state index in [-0.39, 0.29) is 12.5 Å². The van der Waals surface area contributed by atoms with Gasteiger partial charge in [-0.3, -0.25) is 4.79 Å². The summed E-state index contributed by atoms with van der Waals surface area (Å²) in [6.07, 6.45) is 0. The van der Waals surface area contributed by atoms with Crippen molar-refractivity contribution >= 4 is 5.91 Å². The molecule has 1 aromatic carbocycles. The smallest absolute Gasteiger partial charge is 0.248 e. The highest BCUT2D eigenvalue weighted by Crippen LogP contribution is 2.30. The van der Waals surface area contributed by atoms with Crippen LogP contribution in [0.5, 0.6) is 11.5 Å². The number of rotatable bonds is 6. The molecule has 110 valence electrons. The van der Waals surface area contributed by atoms with E-state index in [0.717, 1.165) is 17.1 Å². The second-order valence-corrected chi connectivity index (χ2v) is 4.57. The average Bonchev–Trinajstić information content (AvgIpc) is 2.47. The Labute approximate surface area is 118 Å². The van der Waals surface area contributed by atoms with Crippen LogP contribution in [0.15, 0.2) is 18.2 Å². The number of fused-ring (bicyclic) bond motifs is 1. The molecule has 6 nitrogen and oxygen atoms in total. The highest BCUT2D eigenvalue weighted by molar-refractivity contribution is 5.77. The summed E-state index contributed by atoms with van der Waals surface area (Å²) in [5.74, 6) is 1.41. The molecular weight excluding hydrogens is 260 g/mol. The first-order valence-corrected chi connectivity index (χ1v) is 6.61. The molecule has 2 N–H and O–H groups in total. The van der Waals surface area contributed by atoms with E-state index in [4.69, 9.17) is 19.9 Å². The van der Waals surface area contributed by atoms with Gasteiger partial charge in [0.25, 0.3) is 0 Å². The van der Waals surface area contributed by atoms with Crippen LogP contribution in [0.3, 0.4) is 0 Å². The maximum absolute atomic E-state index is 11.8. The second-order valence-electron chi connectivity index (χ2n) is 4.57. The number of carbonyl (C=O) groups is 1. The molecule has 0 bridgehead atoms. The van der Waals surface area contributed by atoms with E-state index in [9.17, 15) is 4.79 Å². The molecule has 1 aliphatic rings. The Morgan fingerprint density at radius 1 is 1.35 bits per heavy atom. The fourth-order valence-corrected chi connectivity index (χ4v) is 1.90. The monoisotopic (exact) mass is 280 g/mol. The molecular formula is C14H20N2O4. The molecule has 0 radical (unpaired) electrons. The predicted octanol–water partition coefficient (Wildman–Crippen LogP) is 0.391. The van der Waals surface area contributed by atoms with Crippen molar-refractivity contribution in [2.45, 2.75) is 6.54 Å². The number of amides is 1. The topological polar surface area (TPSA) is 74.0 Å². The maximum atomic E-state index is 11.8. The molecule has 0 fully saturated rings.